The molecule has 0 saturated heterocycles. The number of anilines is 4. The first-order chi connectivity index (χ1) is 27.5. The monoisotopic (exact) mass is 844 g/mol. The smallest absolute Gasteiger partial charge is 0.478 e. The molecule has 0 aliphatic heterocycles. The average Bonchev–Trinajstić information content (AvgIpc) is 3.91. The predicted molar refractivity (Wildman–Crippen MR) is 204 cm³/mol. The van der Waals surface area contributed by atoms with Gasteiger partial charge in [0.25, 0.3) is 0 Å². The first-order valence-electron chi connectivity index (χ1n) is 16.8. The minimum Gasteiger partial charge on any atom is -0.478 e. The van der Waals surface area contributed by atoms with Gasteiger partial charge in [0.05, 0.1) is 53.6 Å². The topological polar surface area (TPSA) is 179 Å². The summed E-state index contributed by atoms with van der Waals surface area (Å²) in [6.07, 6.45) is -9.53. The van der Waals surface area contributed by atoms with Crippen LogP contribution in [0, 0.1) is 0 Å². The van der Waals surface area contributed by atoms with Gasteiger partial charge in [0.1, 0.15) is 11.5 Å². The van der Waals surface area contributed by atoms with E-state index in [-0.39, 0.29) is 22.6 Å². The minimum atomic E-state index is -4.76. The Morgan fingerprint density at radius 2 is 1.00 bits per heavy atom. The van der Waals surface area contributed by atoms with Crippen molar-refractivity contribution >= 4 is 99.3 Å². The number of benzene rings is 4. The molecule has 8 aromatic rings. The molecular formula is C36H26F6N8O6S2. The molecule has 14 nitrogen and oxygen atoms in total. The second-order valence-corrected chi connectivity index (χ2v) is 14.1. The lowest BCUT2D eigenvalue weighted by atomic mass is 10.2. The van der Waals surface area contributed by atoms with Gasteiger partial charge in [-0.25, -0.2) is 29.5 Å². The highest BCUT2D eigenvalue weighted by atomic mass is 32.1. The normalized spacial score (nSPS) is 11.9. The van der Waals surface area contributed by atoms with Crippen molar-refractivity contribution in [3.8, 4) is 11.5 Å². The minimum absolute atomic E-state index is 0.127. The third-order valence-corrected chi connectivity index (χ3v) is 10.1. The van der Waals surface area contributed by atoms with E-state index in [4.69, 9.17) is 10.2 Å². The van der Waals surface area contributed by atoms with Gasteiger partial charge in [-0.05, 0) is 74.5 Å². The number of fused-ring (bicyclic) bond motifs is 4. The highest BCUT2D eigenvalue weighted by Gasteiger charge is 2.32. The number of ether oxygens (including phenoxy) is 2. The second-order valence-electron chi connectivity index (χ2n) is 12.0. The van der Waals surface area contributed by atoms with Crippen molar-refractivity contribution in [2.24, 2.45) is 0 Å². The average molecular weight is 845 g/mol. The predicted octanol–water partition coefficient (Wildman–Crippen LogP) is 10.0. The lowest BCUT2D eigenvalue weighted by molar-refractivity contribution is -0.275. The highest BCUT2D eigenvalue weighted by Crippen LogP contribution is 2.35. The number of nitrogens with one attached hydrogen (secondary N) is 2. The van der Waals surface area contributed by atoms with Crippen LogP contribution in [0.1, 0.15) is 34.6 Å². The summed E-state index contributed by atoms with van der Waals surface area (Å²) in [6.45, 7) is 4.96. The van der Waals surface area contributed by atoms with Crippen molar-refractivity contribution in [2.75, 3.05) is 10.6 Å². The Bertz CT molecular complexity index is 2660. The summed E-state index contributed by atoms with van der Waals surface area (Å²) >= 11 is 2.30. The Balaban J connectivity index is 0.000000177. The van der Waals surface area contributed by atoms with Gasteiger partial charge in [0.15, 0.2) is 10.3 Å². The summed E-state index contributed by atoms with van der Waals surface area (Å²) in [5.41, 5.74) is 3.80. The molecule has 22 heteroatoms. The fourth-order valence-corrected chi connectivity index (χ4v) is 7.63. The van der Waals surface area contributed by atoms with E-state index in [0.29, 0.717) is 66.7 Å². The first-order valence-corrected chi connectivity index (χ1v) is 18.4. The van der Waals surface area contributed by atoms with Crippen molar-refractivity contribution in [2.45, 2.75) is 39.7 Å². The quantitative estimate of drug-likeness (QED) is 0.0959. The van der Waals surface area contributed by atoms with Gasteiger partial charge < -0.3 is 39.5 Å². The molecule has 4 aromatic heterocycles. The van der Waals surface area contributed by atoms with Crippen LogP contribution in [-0.4, -0.2) is 63.9 Å². The number of hydrogen-bond acceptors (Lipinski definition) is 12. The Labute approximate surface area is 328 Å². The number of carboxylic acids is 2. The number of halogens is 6. The van der Waals surface area contributed by atoms with Crippen molar-refractivity contribution in [3.63, 3.8) is 0 Å². The summed E-state index contributed by atoms with van der Waals surface area (Å²) in [5, 5.41) is 25.3. The molecule has 4 aromatic carbocycles. The van der Waals surface area contributed by atoms with Crippen molar-refractivity contribution < 1.29 is 55.6 Å². The fourth-order valence-electron chi connectivity index (χ4n) is 5.86. The number of nitrogens with zero attached hydrogens (tertiary/aromatic N) is 6. The molecule has 0 atom stereocenters. The van der Waals surface area contributed by atoms with E-state index in [1.165, 1.54) is 60.7 Å². The standard InChI is InChI=1S/2C18H13F3N4O3S/c2*1-2-25-13-6-3-9(15(26)27)7-12(13)22-16(25)24-17-23-11-5-4-10(8-14(11)29-17)28-18(19,20)21/h2*3-8H,2H2,1H3,(H,26,27)(H,22,23,24). The largest absolute Gasteiger partial charge is 0.573 e. The summed E-state index contributed by atoms with van der Waals surface area (Å²) in [4.78, 5) is 39.9. The van der Waals surface area contributed by atoms with Gasteiger partial charge in [0.2, 0.25) is 11.9 Å². The van der Waals surface area contributed by atoms with E-state index in [1.54, 1.807) is 12.1 Å². The number of aromatic nitrogens is 6. The molecule has 0 saturated carbocycles. The number of hydrogen-bond donors (Lipinski definition) is 4. The van der Waals surface area contributed by atoms with Gasteiger partial charge >= 0.3 is 24.7 Å². The molecule has 0 radical (unpaired) electrons. The van der Waals surface area contributed by atoms with E-state index in [0.717, 1.165) is 33.7 Å². The van der Waals surface area contributed by atoms with Crippen molar-refractivity contribution in [1.82, 2.24) is 29.1 Å². The third-order valence-electron chi connectivity index (χ3n) is 8.25. The number of aromatic carboxylic acids is 2. The number of aryl methyl sites for hydroxylation is 2. The van der Waals surface area contributed by atoms with Crippen LogP contribution < -0.4 is 20.1 Å². The van der Waals surface area contributed by atoms with Crippen LogP contribution in [0.15, 0.2) is 72.8 Å². The molecule has 0 fully saturated rings. The summed E-state index contributed by atoms with van der Waals surface area (Å²) in [7, 11) is 0. The summed E-state index contributed by atoms with van der Waals surface area (Å²) in [6, 6.07) is 17.2. The van der Waals surface area contributed by atoms with E-state index < -0.39 is 24.7 Å². The molecule has 0 aliphatic carbocycles. The number of carboxylic acid groups (broad SMARTS) is 2. The van der Waals surface area contributed by atoms with Crippen LogP contribution in [0.5, 0.6) is 11.5 Å². The van der Waals surface area contributed by atoms with Crippen LogP contribution in [0.2, 0.25) is 0 Å². The molecule has 0 amide bonds. The van der Waals surface area contributed by atoms with Gasteiger partial charge in [-0.15, -0.1) is 26.3 Å². The zero-order chi connectivity index (χ0) is 41.5. The Morgan fingerprint density at radius 3 is 1.34 bits per heavy atom. The highest BCUT2D eigenvalue weighted by molar-refractivity contribution is 7.22. The zero-order valence-electron chi connectivity index (χ0n) is 29.6. The maximum atomic E-state index is 12.4. The van der Waals surface area contributed by atoms with E-state index >= 15 is 0 Å². The number of alkyl halides is 6. The fraction of sp³-hybridized carbons (Fsp3) is 0.167. The van der Waals surface area contributed by atoms with Crippen LogP contribution in [0.3, 0.4) is 0 Å². The molecule has 8 rings (SSSR count). The van der Waals surface area contributed by atoms with Crippen LogP contribution in [0.25, 0.3) is 42.5 Å². The van der Waals surface area contributed by atoms with Gasteiger partial charge in [-0.1, -0.05) is 22.7 Å². The maximum Gasteiger partial charge on any atom is 0.573 e. The number of carbonyl (C=O) groups is 2. The van der Waals surface area contributed by atoms with E-state index in [1.807, 2.05) is 23.0 Å². The van der Waals surface area contributed by atoms with Crippen LogP contribution >= 0.6 is 22.7 Å². The zero-order valence-corrected chi connectivity index (χ0v) is 31.3. The van der Waals surface area contributed by atoms with Crippen molar-refractivity contribution in [3.05, 3.63) is 83.9 Å². The molecule has 0 unspecified atom stereocenters. The Kier molecular flexibility index (Phi) is 10.5. The van der Waals surface area contributed by atoms with Gasteiger partial charge in [-0.3, -0.25) is 0 Å². The molecule has 4 heterocycles. The summed E-state index contributed by atoms with van der Waals surface area (Å²) < 4.78 is 87.0. The Hall–Kier alpha value is -6.68. The molecule has 58 heavy (non-hydrogen) atoms. The summed E-state index contributed by atoms with van der Waals surface area (Å²) in [5.74, 6) is -1.82. The SMILES string of the molecule is CCn1c(Nc2nc3ccc(OC(F)(F)F)cc3s2)nc2cc(C(=O)O)ccc21.CCn1c(Nc2nc3ccc(OC(F)(F)F)cc3s2)nc2cc(C(=O)O)ccc21. The number of thiazole rings is 2. The molecular weight excluding hydrogens is 819 g/mol. The lowest BCUT2D eigenvalue weighted by Crippen LogP contribution is -2.16. The lowest BCUT2D eigenvalue weighted by Gasteiger charge is -2.07. The number of imidazole rings is 2. The van der Waals surface area contributed by atoms with Crippen LogP contribution in [0.4, 0.5) is 48.5 Å². The van der Waals surface area contributed by atoms with Gasteiger partial charge in [0, 0.05) is 25.2 Å². The van der Waals surface area contributed by atoms with Crippen LogP contribution in [-0.2, 0) is 13.1 Å². The molecule has 0 aliphatic rings. The molecule has 4 N–H and O–H groups in total. The number of rotatable bonds is 10. The third kappa shape index (κ3) is 8.66. The van der Waals surface area contributed by atoms with E-state index in [9.17, 15) is 35.9 Å². The Morgan fingerprint density at radius 1 is 0.603 bits per heavy atom. The molecule has 0 spiro atoms. The second kappa shape index (κ2) is 15.3. The van der Waals surface area contributed by atoms with Gasteiger partial charge in [-0.2, -0.15) is 0 Å². The van der Waals surface area contributed by atoms with Crippen molar-refractivity contribution in [1.29, 1.82) is 0 Å². The maximum absolute atomic E-state index is 12.4. The van der Waals surface area contributed by atoms with E-state index in [2.05, 4.69) is 40.0 Å². The molecule has 300 valence electrons. The first kappa shape index (κ1) is 39.6. The molecule has 0 bridgehead atoms.